The van der Waals surface area contributed by atoms with Gasteiger partial charge in [-0.2, -0.15) is 0 Å². The Kier molecular flexibility index (Phi) is 4.90. The normalized spacial score (nSPS) is 17.2. The van der Waals surface area contributed by atoms with E-state index in [4.69, 9.17) is 4.42 Å². The molecule has 1 fully saturated rings. The van der Waals surface area contributed by atoms with E-state index >= 15 is 0 Å². The van der Waals surface area contributed by atoms with Gasteiger partial charge in [0.25, 0.3) is 5.91 Å². The molecule has 0 atom stereocenters. The van der Waals surface area contributed by atoms with E-state index in [0.717, 1.165) is 48.9 Å². The number of anilines is 1. The highest BCUT2D eigenvalue weighted by molar-refractivity contribution is 6.04. The van der Waals surface area contributed by atoms with Crippen LogP contribution >= 0.6 is 0 Å². The van der Waals surface area contributed by atoms with Crippen LogP contribution in [0.1, 0.15) is 40.7 Å². The minimum Gasteiger partial charge on any atom is -0.451 e. The zero-order chi connectivity index (χ0) is 19.6. The third kappa shape index (κ3) is 3.83. The van der Waals surface area contributed by atoms with Gasteiger partial charge in [-0.25, -0.2) is 4.98 Å². The van der Waals surface area contributed by atoms with Crippen LogP contribution in [0.3, 0.4) is 0 Å². The van der Waals surface area contributed by atoms with Crippen molar-refractivity contribution in [1.29, 1.82) is 0 Å². The van der Waals surface area contributed by atoms with Crippen LogP contribution in [0.2, 0.25) is 0 Å². The standard InChI is InChI=1S/C24H25N3O2/c28-24(19-6-4-18(5-7-19)23-15-29-16-25-23)26-21-9-8-17-10-12-27(22-2-1-3-22)13-11-20(17)14-21/h4-9,14-16,22H,1-3,10-13H2,(H,26,28). The van der Waals surface area contributed by atoms with Gasteiger partial charge in [0.15, 0.2) is 6.39 Å². The van der Waals surface area contributed by atoms with Gasteiger partial charge >= 0.3 is 0 Å². The maximum atomic E-state index is 12.7. The molecule has 1 amide bonds. The number of nitrogens with zero attached hydrogens (tertiary/aromatic N) is 2. The average molecular weight is 387 g/mol. The summed E-state index contributed by atoms with van der Waals surface area (Å²) in [5.41, 5.74) is 5.97. The lowest BCUT2D eigenvalue weighted by Crippen LogP contribution is -2.41. The maximum absolute atomic E-state index is 12.7. The second-order valence-corrected chi connectivity index (χ2v) is 8.01. The molecule has 5 nitrogen and oxygen atoms in total. The van der Waals surface area contributed by atoms with Gasteiger partial charge in [-0.3, -0.25) is 9.69 Å². The highest BCUT2D eigenvalue weighted by atomic mass is 16.3. The van der Waals surface area contributed by atoms with E-state index in [1.165, 1.54) is 36.8 Å². The SMILES string of the molecule is O=C(Nc1ccc2c(c1)CCN(C1CCC1)CC2)c1ccc(-c2cocn2)cc1. The fourth-order valence-corrected chi connectivity index (χ4v) is 4.29. The van der Waals surface area contributed by atoms with Crippen molar-refractivity contribution in [3.05, 3.63) is 71.8 Å². The molecule has 3 aromatic rings. The van der Waals surface area contributed by atoms with E-state index in [2.05, 4.69) is 27.3 Å². The Morgan fingerprint density at radius 3 is 2.52 bits per heavy atom. The highest BCUT2D eigenvalue weighted by Gasteiger charge is 2.26. The summed E-state index contributed by atoms with van der Waals surface area (Å²) in [6, 6.07) is 14.6. The highest BCUT2D eigenvalue weighted by Crippen LogP contribution is 2.28. The smallest absolute Gasteiger partial charge is 0.255 e. The van der Waals surface area contributed by atoms with Crippen LogP contribution in [0.4, 0.5) is 5.69 Å². The molecule has 5 heteroatoms. The molecule has 29 heavy (non-hydrogen) atoms. The second kappa shape index (κ2) is 7.84. The van der Waals surface area contributed by atoms with Crippen molar-refractivity contribution < 1.29 is 9.21 Å². The van der Waals surface area contributed by atoms with Gasteiger partial charge in [0, 0.05) is 35.9 Å². The Bertz CT molecular complexity index is 991. The van der Waals surface area contributed by atoms with Gasteiger partial charge < -0.3 is 9.73 Å². The molecule has 0 saturated heterocycles. The molecule has 1 saturated carbocycles. The van der Waals surface area contributed by atoms with Crippen molar-refractivity contribution in [1.82, 2.24) is 9.88 Å². The molecule has 2 aromatic carbocycles. The van der Waals surface area contributed by atoms with Crippen LogP contribution < -0.4 is 5.32 Å². The van der Waals surface area contributed by atoms with Gasteiger partial charge in [0.05, 0.1) is 0 Å². The number of hydrogen-bond donors (Lipinski definition) is 1. The Hall–Kier alpha value is -2.92. The Labute approximate surface area is 170 Å². The first kappa shape index (κ1) is 18.1. The van der Waals surface area contributed by atoms with Gasteiger partial charge in [-0.05, 0) is 61.1 Å². The fourth-order valence-electron chi connectivity index (χ4n) is 4.29. The third-order valence-corrected chi connectivity index (χ3v) is 6.27. The van der Waals surface area contributed by atoms with E-state index < -0.39 is 0 Å². The molecule has 5 rings (SSSR count). The molecule has 1 aromatic heterocycles. The van der Waals surface area contributed by atoms with Gasteiger partial charge in [-0.15, -0.1) is 0 Å². The number of nitrogens with one attached hydrogen (secondary N) is 1. The summed E-state index contributed by atoms with van der Waals surface area (Å²) < 4.78 is 5.02. The molecule has 2 heterocycles. The molecule has 1 N–H and O–H groups in total. The van der Waals surface area contributed by atoms with E-state index in [9.17, 15) is 4.79 Å². The monoisotopic (exact) mass is 387 g/mol. The number of oxazole rings is 1. The summed E-state index contributed by atoms with van der Waals surface area (Å²) in [6.45, 7) is 2.28. The van der Waals surface area contributed by atoms with Crippen molar-refractivity contribution in [2.45, 2.75) is 38.1 Å². The molecular formula is C24H25N3O2. The van der Waals surface area contributed by atoms with Crippen molar-refractivity contribution in [3.63, 3.8) is 0 Å². The number of carbonyl (C=O) groups excluding carboxylic acids is 1. The number of carbonyl (C=O) groups is 1. The number of rotatable bonds is 4. The third-order valence-electron chi connectivity index (χ3n) is 6.27. The predicted molar refractivity (Wildman–Crippen MR) is 113 cm³/mol. The van der Waals surface area contributed by atoms with E-state index in [1.807, 2.05) is 30.3 Å². The molecule has 2 aliphatic rings. The van der Waals surface area contributed by atoms with E-state index in [-0.39, 0.29) is 5.91 Å². The Balaban J connectivity index is 1.26. The van der Waals surface area contributed by atoms with Crippen LogP contribution in [-0.2, 0) is 12.8 Å². The first-order valence-electron chi connectivity index (χ1n) is 10.4. The van der Waals surface area contributed by atoms with Gasteiger partial charge in [-0.1, -0.05) is 24.6 Å². The topological polar surface area (TPSA) is 58.4 Å². The molecule has 0 radical (unpaired) electrons. The molecular weight excluding hydrogens is 362 g/mol. The summed E-state index contributed by atoms with van der Waals surface area (Å²) in [6.07, 6.45) is 9.24. The molecule has 0 spiro atoms. The molecule has 0 bridgehead atoms. The number of fused-ring (bicyclic) bond motifs is 1. The Morgan fingerprint density at radius 2 is 1.83 bits per heavy atom. The number of amides is 1. The lowest BCUT2D eigenvalue weighted by molar-refractivity contribution is 0.102. The van der Waals surface area contributed by atoms with Crippen molar-refractivity contribution in [3.8, 4) is 11.3 Å². The summed E-state index contributed by atoms with van der Waals surface area (Å²) in [7, 11) is 0. The lowest BCUT2D eigenvalue weighted by Gasteiger charge is -2.36. The predicted octanol–water partition coefficient (Wildman–Crippen LogP) is 4.55. The van der Waals surface area contributed by atoms with Crippen molar-refractivity contribution in [2.24, 2.45) is 0 Å². The minimum atomic E-state index is -0.0960. The summed E-state index contributed by atoms with van der Waals surface area (Å²) in [4.78, 5) is 19.5. The van der Waals surface area contributed by atoms with Crippen LogP contribution in [0.5, 0.6) is 0 Å². The zero-order valence-corrected chi connectivity index (χ0v) is 16.4. The second-order valence-electron chi connectivity index (χ2n) is 8.01. The van der Waals surface area contributed by atoms with Crippen LogP contribution in [-0.4, -0.2) is 34.9 Å². The average Bonchev–Trinajstić information content (AvgIpc) is 3.17. The number of hydrogen-bond acceptors (Lipinski definition) is 4. The van der Waals surface area contributed by atoms with Crippen LogP contribution in [0, 0.1) is 0 Å². The zero-order valence-electron chi connectivity index (χ0n) is 16.4. The quantitative estimate of drug-likeness (QED) is 0.714. The maximum Gasteiger partial charge on any atom is 0.255 e. The minimum absolute atomic E-state index is 0.0960. The first-order chi connectivity index (χ1) is 14.3. The molecule has 0 unspecified atom stereocenters. The largest absolute Gasteiger partial charge is 0.451 e. The van der Waals surface area contributed by atoms with Crippen molar-refractivity contribution >= 4 is 11.6 Å². The van der Waals surface area contributed by atoms with E-state index in [0.29, 0.717) is 5.56 Å². The van der Waals surface area contributed by atoms with Crippen LogP contribution in [0.25, 0.3) is 11.3 Å². The van der Waals surface area contributed by atoms with Gasteiger partial charge in [0.1, 0.15) is 12.0 Å². The number of aromatic nitrogens is 1. The molecule has 148 valence electrons. The van der Waals surface area contributed by atoms with Gasteiger partial charge in [0.2, 0.25) is 0 Å². The fraction of sp³-hybridized carbons (Fsp3) is 0.333. The Morgan fingerprint density at radius 1 is 1.03 bits per heavy atom. The number of benzene rings is 2. The summed E-state index contributed by atoms with van der Waals surface area (Å²) >= 11 is 0. The summed E-state index contributed by atoms with van der Waals surface area (Å²) in [5.74, 6) is -0.0960. The van der Waals surface area contributed by atoms with Crippen molar-refractivity contribution in [2.75, 3.05) is 18.4 Å². The lowest BCUT2D eigenvalue weighted by atomic mass is 9.91. The summed E-state index contributed by atoms with van der Waals surface area (Å²) in [5, 5.41) is 3.05. The van der Waals surface area contributed by atoms with E-state index in [1.54, 1.807) is 6.26 Å². The van der Waals surface area contributed by atoms with Crippen LogP contribution in [0.15, 0.2) is 59.5 Å². The first-order valence-corrected chi connectivity index (χ1v) is 10.4. The molecule has 1 aliphatic carbocycles. The molecule has 1 aliphatic heterocycles.